The van der Waals surface area contributed by atoms with Gasteiger partial charge in [0, 0.05) is 116 Å². The highest BCUT2D eigenvalue weighted by molar-refractivity contribution is 5.83. The summed E-state index contributed by atoms with van der Waals surface area (Å²) in [6.45, 7) is 20.8. The molecule has 2 aromatic carbocycles. The molecule has 3 saturated heterocycles. The minimum Gasteiger partial charge on any atom is -0.374 e. The zero-order valence-corrected chi connectivity index (χ0v) is 32.3. The Balaban J connectivity index is 0.868. The van der Waals surface area contributed by atoms with E-state index in [2.05, 4.69) is 80.1 Å². The molecule has 9 nitrogen and oxygen atoms in total. The smallest absolute Gasteiger partial charge is 0.208 e. The van der Waals surface area contributed by atoms with E-state index in [4.69, 9.17) is 9.97 Å². The molecule has 9 rings (SSSR count). The first-order chi connectivity index (χ1) is 26.5. The number of hydrogen-bond acceptors (Lipinski definition) is 7. The van der Waals surface area contributed by atoms with Crippen LogP contribution in [0.2, 0.25) is 0 Å². The van der Waals surface area contributed by atoms with Crippen molar-refractivity contribution in [1.29, 1.82) is 0 Å². The quantitative estimate of drug-likeness (QED) is 0.196. The van der Waals surface area contributed by atoms with Crippen LogP contribution >= 0.6 is 0 Å². The third-order valence-electron chi connectivity index (χ3n) is 12.4. The molecule has 1 N–H and O–H groups in total. The summed E-state index contributed by atoms with van der Waals surface area (Å²) in [7, 11) is 2.03. The summed E-state index contributed by atoms with van der Waals surface area (Å²) in [5, 5.41) is 8.21. The van der Waals surface area contributed by atoms with Crippen molar-refractivity contribution in [3.05, 3.63) is 108 Å². The van der Waals surface area contributed by atoms with Crippen LogP contribution in [0.3, 0.4) is 0 Å². The van der Waals surface area contributed by atoms with Gasteiger partial charge in [-0.05, 0) is 80.5 Å². The lowest BCUT2D eigenvalue weighted by atomic mass is 9.72. The topological polar surface area (TPSA) is 70.3 Å². The molecule has 3 aromatic heterocycles. The molecule has 4 aliphatic rings. The minimum absolute atomic E-state index is 0.304. The summed E-state index contributed by atoms with van der Waals surface area (Å²) < 4.78 is 32.1. The van der Waals surface area contributed by atoms with Crippen LogP contribution in [0, 0.1) is 35.8 Å². The van der Waals surface area contributed by atoms with E-state index < -0.39 is 11.6 Å². The van der Waals surface area contributed by atoms with E-state index in [1.54, 1.807) is 0 Å². The summed E-state index contributed by atoms with van der Waals surface area (Å²) in [6, 6.07) is 14.7. The number of nitrogens with one attached hydrogen (secondary N) is 1. The Kier molecular flexibility index (Phi) is 9.03. The van der Waals surface area contributed by atoms with E-state index in [0.29, 0.717) is 22.9 Å². The molecule has 55 heavy (non-hydrogen) atoms. The Morgan fingerprint density at radius 2 is 1.76 bits per heavy atom. The molecule has 11 heteroatoms. The lowest BCUT2D eigenvalue weighted by Crippen LogP contribution is -2.71. The molecule has 0 aliphatic carbocycles. The van der Waals surface area contributed by atoms with Gasteiger partial charge in [0.1, 0.15) is 11.6 Å². The highest BCUT2D eigenvalue weighted by Gasteiger charge is 2.52. The van der Waals surface area contributed by atoms with Crippen molar-refractivity contribution in [2.24, 2.45) is 24.3 Å². The van der Waals surface area contributed by atoms with E-state index in [1.807, 2.05) is 24.9 Å². The number of imidazole rings is 1. The van der Waals surface area contributed by atoms with Crippen molar-refractivity contribution in [3.8, 4) is 11.3 Å². The monoisotopic (exact) mass is 743 g/mol. The average Bonchev–Trinajstić information content (AvgIpc) is 3.83. The number of pyridine rings is 1. The SMILES string of the molecule is C=C1Nc2nc3ccc(CN4CC5(C4)CN(C(=C)C4CCN(c6cc(F)cc(F)c6)C4)C5)cc3n2C[C@H](C)CCCCc2c(cnn2C)-c2cc1cc(C)n2. The first-order valence-corrected chi connectivity index (χ1v) is 19.8. The van der Waals surface area contributed by atoms with E-state index in [1.165, 1.54) is 23.4 Å². The van der Waals surface area contributed by atoms with E-state index in [-0.39, 0.29) is 0 Å². The summed E-state index contributed by atoms with van der Waals surface area (Å²) in [5.41, 5.74) is 11.5. The van der Waals surface area contributed by atoms with Crippen LogP contribution in [-0.4, -0.2) is 73.4 Å². The molecule has 0 radical (unpaired) electrons. The van der Waals surface area contributed by atoms with Gasteiger partial charge in [-0.1, -0.05) is 32.6 Å². The van der Waals surface area contributed by atoms with Crippen LogP contribution in [0.5, 0.6) is 0 Å². The van der Waals surface area contributed by atoms with Crippen LogP contribution < -0.4 is 10.2 Å². The lowest BCUT2D eigenvalue weighted by molar-refractivity contribution is -0.107. The van der Waals surface area contributed by atoms with Crippen molar-refractivity contribution in [2.75, 3.05) is 49.5 Å². The Morgan fingerprint density at radius 3 is 2.56 bits per heavy atom. The molecule has 1 unspecified atom stereocenters. The molecule has 3 fully saturated rings. The van der Waals surface area contributed by atoms with Gasteiger partial charge in [0.15, 0.2) is 0 Å². The van der Waals surface area contributed by atoms with Crippen molar-refractivity contribution < 1.29 is 8.78 Å². The highest BCUT2D eigenvalue weighted by Crippen LogP contribution is 2.44. The lowest BCUT2D eigenvalue weighted by Gasteiger charge is -2.62. The van der Waals surface area contributed by atoms with Gasteiger partial charge in [-0.2, -0.15) is 5.10 Å². The highest BCUT2D eigenvalue weighted by atomic mass is 19.1. The number of hydrogen-bond donors (Lipinski definition) is 1. The maximum absolute atomic E-state index is 13.9. The number of benzene rings is 2. The molecule has 286 valence electrons. The normalized spacial score (nSPS) is 21.4. The van der Waals surface area contributed by atoms with Gasteiger partial charge in [0.05, 0.1) is 22.9 Å². The van der Waals surface area contributed by atoms with Gasteiger partial charge in [0.2, 0.25) is 5.95 Å². The second kappa shape index (κ2) is 13.9. The van der Waals surface area contributed by atoms with Gasteiger partial charge in [-0.3, -0.25) is 14.6 Å². The fourth-order valence-corrected chi connectivity index (χ4v) is 9.58. The number of likely N-dealkylation sites (tertiary alicyclic amines) is 2. The Bertz CT molecular complexity index is 2270. The van der Waals surface area contributed by atoms with Gasteiger partial charge in [-0.25, -0.2) is 13.8 Å². The van der Waals surface area contributed by atoms with Gasteiger partial charge < -0.3 is 19.7 Å². The molecule has 2 atom stereocenters. The van der Waals surface area contributed by atoms with Gasteiger partial charge in [-0.15, -0.1) is 0 Å². The van der Waals surface area contributed by atoms with Crippen LogP contribution in [0.4, 0.5) is 20.4 Å². The van der Waals surface area contributed by atoms with Crippen molar-refractivity contribution in [1.82, 2.24) is 34.1 Å². The summed E-state index contributed by atoms with van der Waals surface area (Å²) in [5.74, 6) is 0.536. The maximum Gasteiger partial charge on any atom is 0.208 e. The third-order valence-corrected chi connectivity index (χ3v) is 12.4. The third kappa shape index (κ3) is 6.92. The summed E-state index contributed by atoms with van der Waals surface area (Å²) >= 11 is 0. The van der Waals surface area contributed by atoms with Gasteiger partial charge >= 0.3 is 0 Å². The molecule has 2 bridgehead atoms. The molecule has 4 aliphatic heterocycles. The molecule has 1 spiro atoms. The van der Waals surface area contributed by atoms with Gasteiger partial charge in [0.25, 0.3) is 0 Å². The standard InChI is InChI=1S/C44H51F2N9/c1-28-8-6-7-9-41-38(20-47-51(41)5)40-16-34(14-29(2)48-40)30(3)49-43-50-39-11-10-32(15-42(39)55(43)21-28)22-52-24-44(25-52)26-54(27-44)31(4)33-12-13-53(23-33)37-18-35(45)17-36(46)19-37/h10-11,14-20,28,33H,3-4,6-9,12-13,21-27H2,1-2,5H3,(H,49,50)/t28-,33?/m1/s1. The van der Waals surface area contributed by atoms with E-state index in [9.17, 15) is 8.78 Å². The van der Waals surface area contributed by atoms with Crippen molar-refractivity contribution >= 4 is 28.4 Å². The van der Waals surface area contributed by atoms with Crippen LogP contribution in [0.1, 0.15) is 55.1 Å². The molecule has 5 aromatic rings. The fraction of sp³-hybridized carbons (Fsp3) is 0.432. The number of nitrogens with zero attached hydrogens (tertiary/aromatic N) is 8. The molecule has 7 heterocycles. The second-order valence-corrected chi connectivity index (χ2v) is 16.9. The fourth-order valence-electron chi connectivity index (χ4n) is 9.58. The largest absolute Gasteiger partial charge is 0.374 e. The Hall–Kier alpha value is -5.03. The average molecular weight is 744 g/mol. The van der Waals surface area contributed by atoms with E-state index >= 15 is 0 Å². The molecule has 0 amide bonds. The minimum atomic E-state index is -0.531. The zero-order valence-electron chi connectivity index (χ0n) is 32.3. The summed E-state index contributed by atoms with van der Waals surface area (Å²) in [6.07, 6.45) is 7.24. The first-order valence-electron chi connectivity index (χ1n) is 19.8. The Labute approximate surface area is 322 Å². The second-order valence-electron chi connectivity index (χ2n) is 16.9. The van der Waals surface area contributed by atoms with Crippen LogP contribution in [0.25, 0.3) is 28.0 Å². The predicted octanol–water partition coefficient (Wildman–Crippen LogP) is 8.02. The summed E-state index contributed by atoms with van der Waals surface area (Å²) in [4.78, 5) is 17.1. The van der Waals surface area contributed by atoms with Crippen molar-refractivity contribution in [3.63, 3.8) is 0 Å². The number of halogens is 2. The molecular weight excluding hydrogens is 693 g/mol. The van der Waals surface area contributed by atoms with Crippen LogP contribution in [-0.2, 0) is 26.6 Å². The Morgan fingerprint density at radius 1 is 0.964 bits per heavy atom. The first kappa shape index (κ1) is 35.7. The maximum atomic E-state index is 13.9. The zero-order chi connectivity index (χ0) is 38.0. The van der Waals surface area contributed by atoms with E-state index in [0.717, 1.165) is 141 Å². The van der Waals surface area contributed by atoms with Crippen LogP contribution in [0.15, 0.2) is 73.6 Å². The molecule has 0 saturated carbocycles. The number of fused-ring (bicyclic) bond motifs is 7. The molecular formula is C44H51F2N9. The number of anilines is 2. The van der Waals surface area contributed by atoms with Crippen molar-refractivity contribution in [2.45, 2.75) is 59.0 Å². The number of aryl methyl sites for hydroxylation is 2. The number of rotatable bonds is 5. The number of aromatic nitrogens is 5. The predicted molar refractivity (Wildman–Crippen MR) is 215 cm³/mol.